The molecule has 192 valence electrons. The molecule has 0 saturated carbocycles. The summed E-state index contributed by atoms with van der Waals surface area (Å²) in [5, 5.41) is 2.87. The van der Waals surface area contributed by atoms with E-state index < -0.39 is 6.17 Å². The van der Waals surface area contributed by atoms with Crippen LogP contribution >= 0.6 is 0 Å². The van der Waals surface area contributed by atoms with Gasteiger partial charge in [-0.15, -0.1) is 0 Å². The molecule has 1 saturated heterocycles. The summed E-state index contributed by atoms with van der Waals surface area (Å²) in [5.41, 5.74) is 4.63. The molecule has 9 nitrogen and oxygen atoms in total. The summed E-state index contributed by atoms with van der Waals surface area (Å²) in [6.45, 7) is 0.934. The standard InChI is InChI=1S/C29H28N6O3/c1-33-23-13-7-5-11-21(23)25(19-9-3-2-4-10-19)31-26(27(33)36)32-28(37)34-17-15-20(16-18-34)35-24-14-8-6-12-22(24)30-29(35)38/h2-14,20,26H,15-18H2,1H3,(H,30,38)(H,32,37). The van der Waals surface area contributed by atoms with Crippen LogP contribution in [0.4, 0.5) is 10.5 Å². The van der Waals surface area contributed by atoms with E-state index in [9.17, 15) is 14.4 Å². The number of para-hydroxylation sites is 3. The predicted molar refractivity (Wildman–Crippen MR) is 147 cm³/mol. The number of carbonyl (C=O) groups is 2. The smallest absolute Gasteiger partial charge is 0.325 e. The molecule has 1 aromatic heterocycles. The number of piperidine rings is 1. The Labute approximate surface area is 219 Å². The summed E-state index contributed by atoms with van der Waals surface area (Å²) in [4.78, 5) is 50.3. The Hall–Kier alpha value is -4.66. The largest absolute Gasteiger partial charge is 0.326 e. The SMILES string of the molecule is CN1C(=O)C(NC(=O)N2CCC(n3c(=O)[nH]c4ccccc43)CC2)N=C(c2ccccc2)c2ccccc21. The van der Waals surface area contributed by atoms with Gasteiger partial charge in [-0.25, -0.2) is 14.6 Å². The molecule has 3 heterocycles. The van der Waals surface area contributed by atoms with Crippen LogP contribution in [0, 0.1) is 0 Å². The van der Waals surface area contributed by atoms with Crippen LogP contribution in [-0.2, 0) is 4.79 Å². The van der Waals surface area contributed by atoms with Crippen molar-refractivity contribution in [2.45, 2.75) is 25.0 Å². The third-order valence-electron chi connectivity index (χ3n) is 7.39. The minimum atomic E-state index is -1.07. The maximum absolute atomic E-state index is 13.4. The van der Waals surface area contributed by atoms with Gasteiger partial charge in [-0.2, -0.15) is 0 Å². The van der Waals surface area contributed by atoms with E-state index >= 15 is 0 Å². The van der Waals surface area contributed by atoms with E-state index in [1.807, 2.05) is 78.9 Å². The number of fused-ring (bicyclic) bond motifs is 2. The van der Waals surface area contributed by atoms with Gasteiger partial charge in [0.2, 0.25) is 6.17 Å². The number of nitrogens with one attached hydrogen (secondary N) is 2. The number of amides is 3. The van der Waals surface area contributed by atoms with Crippen LogP contribution < -0.4 is 15.9 Å². The second-order valence-corrected chi connectivity index (χ2v) is 9.65. The molecule has 0 spiro atoms. The van der Waals surface area contributed by atoms with E-state index in [0.717, 1.165) is 27.8 Å². The zero-order chi connectivity index (χ0) is 26.2. The highest BCUT2D eigenvalue weighted by molar-refractivity contribution is 6.20. The first-order chi connectivity index (χ1) is 18.5. The summed E-state index contributed by atoms with van der Waals surface area (Å²) < 4.78 is 1.79. The molecule has 0 bridgehead atoms. The summed E-state index contributed by atoms with van der Waals surface area (Å²) >= 11 is 0. The summed E-state index contributed by atoms with van der Waals surface area (Å²) in [6, 6.07) is 24.6. The molecule has 0 radical (unpaired) electrons. The average molecular weight is 509 g/mol. The molecular weight excluding hydrogens is 480 g/mol. The number of carbonyl (C=O) groups excluding carboxylic acids is 2. The number of nitrogens with zero attached hydrogens (tertiary/aromatic N) is 4. The van der Waals surface area contributed by atoms with Crippen LogP contribution in [0.5, 0.6) is 0 Å². The fourth-order valence-electron chi connectivity index (χ4n) is 5.41. The Balaban J connectivity index is 1.22. The fourth-order valence-corrected chi connectivity index (χ4v) is 5.41. The lowest BCUT2D eigenvalue weighted by Gasteiger charge is -2.33. The third kappa shape index (κ3) is 4.15. The Morgan fingerprint density at radius 1 is 0.921 bits per heavy atom. The summed E-state index contributed by atoms with van der Waals surface area (Å²) in [6.07, 6.45) is 0.207. The van der Waals surface area contributed by atoms with Crippen molar-refractivity contribution in [3.63, 3.8) is 0 Å². The van der Waals surface area contributed by atoms with E-state index in [2.05, 4.69) is 10.3 Å². The normalized spacial score (nSPS) is 18.2. The molecule has 9 heteroatoms. The monoisotopic (exact) mass is 508 g/mol. The zero-order valence-electron chi connectivity index (χ0n) is 21.0. The number of benzene rings is 3. The first-order valence-electron chi connectivity index (χ1n) is 12.8. The van der Waals surface area contributed by atoms with Gasteiger partial charge in [-0.05, 0) is 31.0 Å². The number of aliphatic imine (C=N–C) groups is 1. The third-order valence-corrected chi connectivity index (χ3v) is 7.39. The number of urea groups is 1. The van der Waals surface area contributed by atoms with Crippen molar-refractivity contribution in [3.8, 4) is 0 Å². The number of hydrogen-bond acceptors (Lipinski definition) is 4. The molecule has 2 aliphatic heterocycles. The molecular formula is C29H28N6O3. The number of anilines is 1. The number of likely N-dealkylation sites (N-methyl/N-ethyl adjacent to an activating group) is 1. The minimum absolute atomic E-state index is 0.00875. The molecule has 6 rings (SSSR count). The van der Waals surface area contributed by atoms with Crippen molar-refractivity contribution >= 4 is 34.4 Å². The number of H-pyrrole nitrogens is 1. The van der Waals surface area contributed by atoms with Gasteiger partial charge in [-0.1, -0.05) is 60.7 Å². The van der Waals surface area contributed by atoms with Crippen LogP contribution in [-0.4, -0.2) is 58.4 Å². The van der Waals surface area contributed by atoms with Crippen LogP contribution in [0.2, 0.25) is 0 Å². The highest BCUT2D eigenvalue weighted by Crippen LogP contribution is 2.28. The van der Waals surface area contributed by atoms with E-state index in [0.29, 0.717) is 31.6 Å². The number of benzodiazepines with no additional fused rings is 1. The van der Waals surface area contributed by atoms with Crippen molar-refractivity contribution in [3.05, 3.63) is 100 Å². The molecule has 4 aromatic rings. The molecule has 1 unspecified atom stereocenters. The Morgan fingerprint density at radius 2 is 1.61 bits per heavy atom. The lowest BCUT2D eigenvalue weighted by Crippen LogP contribution is -2.52. The molecule has 1 fully saturated rings. The molecule has 2 N–H and O–H groups in total. The van der Waals surface area contributed by atoms with Gasteiger partial charge in [0.05, 0.1) is 22.4 Å². The summed E-state index contributed by atoms with van der Waals surface area (Å²) in [5.74, 6) is -0.308. The fraction of sp³-hybridized carbons (Fsp3) is 0.241. The zero-order valence-corrected chi connectivity index (χ0v) is 21.0. The number of hydrogen-bond donors (Lipinski definition) is 2. The van der Waals surface area contributed by atoms with Gasteiger partial charge in [0, 0.05) is 37.3 Å². The minimum Gasteiger partial charge on any atom is -0.325 e. The maximum Gasteiger partial charge on any atom is 0.326 e. The van der Waals surface area contributed by atoms with E-state index in [1.165, 1.54) is 0 Å². The average Bonchev–Trinajstić information content (AvgIpc) is 3.25. The number of likely N-dealkylation sites (tertiary alicyclic amines) is 1. The Bertz CT molecular complexity index is 1600. The lowest BCUT2D eigenvalue weighted by atomic mass is 10.0. The van der Waals surface area contributed by atoms with Gasteiger partial charge < -0.3 is 20.1 Å². The van der Waals surface area contributed by atoms with Crippen molar-refractivity contribution in [2.24, 2.45) is 4.99 Å². The molecule has 0 aliphatic carbocycles. The number of imidazole rings is 1. The van der Waals surface area contributed by atoms with Crippen molar-refractivity contribution < 1.29 is 9.59 Å². The molecule has 3 amide bonds. The van der Waals surface area contributed by atoms with E-state index in [-0.39, 0.29) is 23.7 Å². The molecule has 2 aliphatic rings. The highest BCUT2D eigenvalue weighted by Gasteiger charge is 2.33. The van der Waals surface area contributed by atoms with Gasteiger partial charge in [0.15, 0.2) is 0 Å². The van der Waals surface area contributed by atoms with Crippen LogP contribution in [0.3, 0.4) is 0 Å². The van der Waals surface area contributed by atoms with Crippen LogP contribution in [0.15, 0.2) is 88.6 Å². The number of rotatable bonds is 3. The molecule has 38 heavy (non-hydrogen) atoms. The van der Waals surface area contributed by atoms with Crippen molar-refractivity contribution in [1.29, 1.82) is 0 Å². The van der Waals surface area contributed by atoms with Crippen molar-refractivity contribution in [1.82, 2.24) is 19.8 Å². The highest BCUT2D eigenvalue weighted by atomic mass is 16.2. The quantitative estimate of drug-likeness (QED) is 0.443. The number of aromatic nitrogens is 2. The second kappa shape index (κ2) is 9.66. The van der Waals surface area contributed by atoms with E-state index in [4.69, 9.17) is 4.99 Å². The van der Waals surface area contributed by atoms with E-state index in [1.54, 1.807) is 21.4 Å². The Kier molecular flexibility index (Phi) is 6.03. The van der Waals surface area contributed by atoms with Gasteiger partial charge in [-0.3, -0.25) is 9.36 Å². The topological polar surface area (TPSA) is 103 Å². The first-order valence-corrected chi connectivity index (χ1v) is 12.8. The molecule has 3 aromatic carbocycles. The lowest BCUT2D eigenvalue weighted by molar-refractivity contribution is -0.119. The predicted octanol–water partition coefficient (Wildman–Crippen LogP) is 3.52. The van der Waals surface area contributed by atoms with Gasteiger partial charge in [0.1, 0.15) is 0 Å². The van der Waals surface area contributed by atoms with Gasteiger partial charge >= 0.3 is 11.7 Å². The summed E-state index contributed by atoms with van der Waals surface area (Å²) in [7, 11) is 1.70. The van der Waals surface area contributed by atoms with Crippen molar-refractivity contribution in [2.75, 3.05) is 25.0 Å². The van der Waals surface area contributed by atoms with Gasteiger partial charge in [0.25, 0.3) is 5.91 Å². The van der Waals surface area contributed by atoms with Crippen LogP contribution in [0.25, 0.3) is 11.0 Å². The first kappa shape index (κ1) is 23.7. The number of aromatic amines is 1. The van der Waals surface area contributed by atoms with Crippen LogP contribution in [0.1, 0.15) is 30.0 Å². The second-order valence-electron chi connectivity index (χ2n) is 9.65. The Morgan fingerprint density at radius 3 is 2.39 bits per heavy atom. The molecule has 1 atom stereocenters. The maximum atomic E-state index is 13.4.